The van der Waals surface area contributed by atoms with Crippen LogP contribution in [0.15, 0.2) is 60.7 Å². The normalized spacial score (nSPS) is 10.7. The van der Waals surface area contributed by atoms with Crippen molar-refractivity contribution in [3.63, 3.8) is 0 Å². The highest BCUT2D eigenvalue weighted by Crippen LogP contribution is 2.38. The Morgan fingerprint density at radius 3 is 2.30 bits per heavy atom. The van der Waals surface area contributed by atoms with Crippen LogP contribution >= 0.6 is 0 Å². The quantitative estimate of drug-likeness (QED) is 0.436. The Morgan fingerprint density at radius 1 is 1.07 bits per heavy atom. The van der Waals surface area contributed by atoms with Gasteiger partial charge in [-0.25, -0.2) is 9.78 Å². The Balaban J connectivity index is 2.24. The van der Waals surface area contributed by atoms with Crippen molar-refractivity contribution in [1.82, 2.24) is 9.55 Å². The van der Waals surface area contributed by atoms with Crippen molar-refractivity contribution in [1.29, 1.82) is 5.26 Å². The molecule has 0 unspecified atom stereocenters. The highest BCUT2D eigenvalue weighted by atomic mass is 16.5. The Labute approximate surface area is 175 Å². The van der Waals surface area contributed by atoms with Crippen LogP contribution in [0.4, 0.5) is 0 Å². The number of aryl methyl sites for hydroxylation is 1. The number of benzene rings is 2. The number of nitrogens with zero attached hydrogens (tertiary/aromatic N) is 3. The molecular formula is C25H21N3O2. The van der Waals surface area contributed by atoms with Crippen LogP contribution < -0.4 is 0 Å². The minimum Gasteiger partial charge on any atom is -0.462 e. The van der Waals surface area contributed by atoms with Crippen molar-refractivity contribution in [3.8, 4) is 22.9 Å². The summed E-state index contributed by atoms with van der Waals surface area (Å²) in [6.07, 6.45) is 0. The summed E-state index contributed by atoms with van der Waals surface area (Å²) in [4.78, 5) is 17.7. The third kappa shape index (κ3) is 3.03. The zero-order valence-corrected chi connectivity index (χ0v) is 17.1. The number of rotatable bonds is 4. The molecule has 148 valence electrons. The van der Waals surface area contributed by atoms with Crippen LogP contribution in [0.1, 0.15) is 34.2 Å². The monoisotopic (exact) mass is 395 g/mol. The maximum absolute atomic E-state index is 13.0. The molecule has 0 atom stereocenters. The average molecular weight is 395 g/mol. The molecule has 0 aliphatic heterocycles. The highest BCUT2D eigenvalue weighted by molar-refractivity contribution is 6.08. The second kappa shape index (κ2) is 7.84. The maximum Gasteiger partial charge on any atom is 0.340 e. The van der Waals surface area contributed by atoms with E-state index in [4.69, 9.17) is 9.72 Å². The van der Waals surface area contributed by atoms with Gasteiger partial charge in [0.1, 0.15) is 11.6 Å². The predicted molar refractivity (Wildman–Crippen MR) is 117 cm³/mol. The summed E-state index contributed by atoms with van der Waals surface area (Å²) in [6, 6.07) is 21.8. The third-order valence-corrected chi connectivity index (χ3v) is 5.18. The van der Waals surface area contributed by atoms with Gasteiger partial charge in [0.25, 0.3) is 0 Å². The van der Waals surface area contributed by atoms with Crippen LogP contribution in [0.25, 0.3) is 27.8 Å². The van der Waals surface area contributed by atoms with Gasteiger partial charge in [-0.1, -0.05) is 48.5 Å². The van der Waals surface area contributed by atoms with Crippen LogP contribution in [0.3, 0.4) is 0 Å². The standard InChI is InChI=1S/C25H21N3O2/c1-4-30-25(29)21-16(2)27-23-20(15-26)17(3)28(19-13-9-6-10-14-19)24(23)22(21)18-11-7-5-8-12-18/h5-14H,4H2,1-3H3. The number of hydrogen-bond donors (Lipinski definition) is 0. The summed E-state index contributed by atoms with van der Waals surface area (Å²) in [5.74, 6) is -0.416. The minimum atomic E-state index is -0.416. The number of carbonyl (C=O) groups is 1. The molecule has 5 nitrogen and oxygen atoms in total. The predicted octanol–water partition coefficient (Wildman–Crippen LogP) is 5.36. The molecule has 0 saturated heterocycles. The number of fused-ring (bicyclic) bond motifs is 1. The summed E-state index contributed by atoms with van der Waals surface area (Å²) in [5, 5.41) is 9.90. The molecule has 0 radical (unpaired) electrons. The van der Waals surface area contributed by atoms with Gasteiger partial charge in [-0.3, -0.25) is 0 Å². The Kier molecular flexibility index (Phi) is 5.07. The lowest BCUT2D eigenvalue weighted by Crippen LogP contribution is -2.11. The fraction of sp³-hybridized carbons (Fsp3) is 0.160. The smallest absolute Gasteiger partial charge is 0.340 e. The lowest BCUT2D eigenvalue weighted by atomic mass is 9.97. The molecular weight excluding hydrogens is 374 g/mol. The largest absolute Gasteiger partial charge is 0.462 e. The van der Waals surface area contributed by atoms with Crippen molar-refractivity contribution in [2.24, 2.45) is 0 Å². The van der Waals surface area contributed by atoms with Gasteiger partial charge in [-0.05, 0) is 38.5 Å². The summed E-state index contributed by atoms with van der Waals surface area (Å²) in [5.41, 5.74) is 6.07. The van der Waals surface area contributed by atoms with E-state index in [-0.39, 0.29) is 6.61 Å². The Hall–Kier alpha value is -3.91. The van der Waals surface area contributed by atoms with Crippen molar-refractivity contribution < 1.29 is 9.53 Å². The third-order valence-electron chi connectivity index (χ3n) is 5.18. The topological polar surface area (TPSA) is 67.9 Å². The summed E-state index contributed by atoms with van der Waals surface area (Å²) < 4.78 is 7.38. The molecule has 0 spiro atoms. The van der Waals surface area contributed by atoms with Gasteiger partial charge in [0.05, 0.1) is 28.9 Å². The molecule has 2 aromatic carbocycles. The number of aromatic nitrogens is 2. The molecule has 4 aromatic rings. The minimum absolute atomic E-state index is 0.271. The fourth-order valence-electron chi connectivity index (χ4n) is 3.91. The lowest BCUT2D eigenvalue weighted by molar-refractivity contribution is 0.0526. The zero-order valence-electron chi connectivity index (χ0n) is 17.1. The second-order valence-corrected chi connectivity index (χ2v) is 6.97. The second-order valence-electron chi connectivity index (χ2n) is 6.97. The van der Waals surface area contributed by atoms with Gasteiger partial charge in [-0.15, -0.1) is 0 Å². The van der Waals surface area contributed by atoms with Crippen molar-refractivity contribution in [3.05, 3.63) is 83.2 Å². The first-order valence-electron chi connectivity index (χ1n) is 9.82. The molecule has 0 bridgehead atoms. The molecule has 2 aromatic heterocycles. The van der Waals surface area contributed by atoms with Crippen LogP contribution in [0.5, 0.6) is 0 Å². The van der Waals surface area contributed by atoms with E-state index in [1.165, 1.54) is 0 Å². The van der Waals surface area contributed by atoms with Crippen LogP contribution in [-0.4, -0.2) is 22.1 Å². The van der Waals surface area contributed by atoms with Gasteiger partial charge in [0.15, 0.2) is 0 Å². The van der Waals surface area contributed by atoms with Gasteiger partial charge < -0.3 is 9.30 Å². The Bertz CT molecular complexity index is 1280. The molecule has 0 saturated carbocycles. The van der Waals surface area contributed by atoms with E-state index in [0.29, 0.717) is 22.3 Å². The number of pyridine rings is 1. The maximum atomic E-state index is 13.0. The SMILES string of the molecule is CCOC(=O)c1c(C)nc2c(C#N)c(C)n(-c3ccccc3)c2c1-c1ccccc1. The van der Waals surface area contributed by atoms with E-state index in [0.717, 1.165) is 28.0 Å². The Morgan fingerprint density at radius 2 is 1.70 bits per heavy atom. The van der Waals surface area contributed by atoms with Gasteiger partial charge >= 0.3 is 5.97 Å². The van der Waals surface area contributed by atoms with E-state index in [1.54, 1.807) is 13.8 Å². The molecule has 4 rings (SSSR count). The first kappa shape index (κ1) is 19.4. The highest BCUT2D eigenvalue weighted by Gasteiger charge is 2.27. The summed E-state index contributed by atoms with van der Waals surface area (Å²) in [6.45, 7) is 5.74. The molecule has 0 fully saturated rings. The van der Waals surface area contributed by atoms with Crippen LogP contribution in [0, 0.1) is 25.2 Å². The number of esters is 1. The van der Waals surface area contributed by atoms with E-state index < -0.39 is 5.97 Å². The van der Waals surface area contributed by atoms with E-state index in [2.05, 4.69) is 6.07 Å². The molecule has 0 N–H and O–H groups in total. The van der Waals surface area contributed by atoms with Crippen molar-refractivity contribution >= 4 is 17.0 Å². The van der Waals surface area contributed by atoms with Gasteiger partial charge in [0, 0.05) is 16.9 Å². The molecule has 30 heavy (non-hydrogen) atoms. The first-order chi connectivity index (χ1) is 14.6. The number of ether oxygens (including phenoxy) is 1. The number of hydrogen-bond acceptors (Lipinski definition) is 4. The van der Waals surface area contributed by atoms with Crippen LogP contribution in [0.2, 0.25) is 0 Å². The summed E-state index contributed by atoms with van der Waals surface area (Å²) >= 11 is 0. The van der Waals surface area contributed by atoms with E-state index in [9.17, 15) is 10.1 Å². The number of carbonyl (C=O) groups excluding carboxylic acids is 1. The van der Waals surface area contributed by atoms with Crippen molar-refractivity contribution in [2.45, 2.75) is 20.8 Å². The first-order valence-corrected chi connectivity index (χ1v) is 9.82. The number of para-hydroxylation sites is 1. The summed E-state index contributed by atoms with van der Waals surface area (Å²) in [7, 11) is 0. The fourth-order valence-corrected chi connectivity index (χ4v) is 3.91. The van der Waals surface area contributed by atoms with Gasteiger partial charge in [-0.2, -0.15) is 5.26 Å². The number of nitriles is 1. The van der Waals surface area contributed by atoms with E-state index in [1.807, 2.05) is 72.2 Å². The van der Waals surface area contributed by atoms with E-state index >= 15 is 0 Å². The molecule has 5 heteroatoms. The molecule has 0 amide bonds. The lowest BCUT2D eigenvalue weighted by Gasteiger charge is -2.16. The molecule has 2 heterocycles. The molecule has 0 aliphatic carbocycles. The van der Waals surface area contributed by atoms with Crippen molar-refractivity contribution in [2.75, 3.05) is 6.61 Å². The zero-order chi connectivity index (χ0) is 21.3. The van der Waals surface area contributed by atoms with Crippen LogP contribution in [-0.2, 0) is 4.74 Å². The average Bonchev–Trinajstić information content (AvgIpc) is 3.04. The van der Waals surface area contributed by atoms with Gasteiger partial charge in [0.2, 0.25) is 0 Å². The molecule has 0 aliphatic rings.